The number of Topliss-reactive ketones (excluding diaryl/α,β-unsaturated/α-hetero) is 1. The molecule has 144 valence electrons. The first-order valence-electron chi connectivity index (χ1n) is 9.00. The van der Waals surface area contributed by atoms with Crippen molar-refractivity contribution in [1.29, 1.82) is 0 Å². The van der Waals surface area contributed by atoms with Gasteiger partial charge in [0.2, 0.25) is 5.78 Å². The molecule has 3 rings (SSSR count). The first kappa shape index (κ1) is 19.4. The topological polar surface area (TPSA) is 70.3 Å². The molecule has 6 nitrogen and oxygen atoms in total. The summed E-state index contributed by atoms with van der Waals surface area (Å²) in [6.07, 6.45) is 1.50. The molecule has 0 unspecified atom stereocenters. The van der Waals surface area contributed by atoms with Crippen molar-refractivity contribution >= 4 is 11.8 Å². The smallest absolute Gasteiger partial charge is 0.326 e. The molecule has 1 aromatic carbocycles. The van der Waals surface area contributed by atoms with Crippen LogP contribution in [0.5, 0.6) is 0 Å². The summed E-state index contributed by atoms with van der Waals surface area (Å²) >= 11 is 0. The van der Waals surface area contributed by atoms with Crippen LogP contribution in [0, 0.1) is 13.8 Å². The Morgan fingerprint density at radius 3 is 2.43 bits per heavy atom. The average Bonchev–Trinajstić information content (AvgIpc) is 2.97. The van der Waals surface area contributed by atoms with Gasteiger partial charge in [-0.15, -0.1) is 0 Å². The number of benzene rings is 1. The minimum Gasteiger partial charge on any atom is -0.456 e. The highest BCUT2D eigenvalue weighted by atomic mass is 16.5. The van der Waals surface area contributed by atoms with Crippen LogP contribution in [0.4, 0.5) is 0 Å². The molecule has 0 aliphatic carbocycles. The zero-order valence-electron chi connectivity index (χ0n) is 15.9. The number of aryl methyl sites for hydroxylation is 1. The van der Waals surface area contributed by atoms with Crippen molar-refractivity contribution in [2.24, 2.45) is 0 Å². The maximum atomic E-state index is 12.5. The summed E-state index contributed by atoms with van der Waals surface area (Å²) < 4.78 is 8.38. The van der Waals surface area contributed by atoms with E-state index in [0.717, 1.165) is 17.0 Å². The lowest BCUT2D eigenvalue weighted by Crippen LogP contribution is -2.25. The lowest BCUT2D eigenvalue weighted by atomic mass is 10.1. The molecule has 2 heterocycles. The number of esters is 1. The zero-order chi connectivity index (χ0) is 20.1. The number of aromatic nitrogens is 2. The predicted octanol–water partition coefficient (Wildman–Crippen LogP) is 2.74. The number of ether oxygens (including phenoxy) is 1. The quantitative estimate of drug-likeness (QED) is 0.468. The second kappa shape index (κ2) is 8.52. The van der Waals surface area contributed by atoms with E-state index in [9.17, 15) is 14.4 Å². The van der Waals surface area contributed by atoms with Crippen molar-refractivity contribution in [3.05, 3.63) is 93.7 Å². The summed E-state index contributed by atoms with van der Waals surface area (Å²) in [7, 11) is 0. The molecular formula is C22H22N2O4. The van der Waals surface area contributed by atoms with Gasteiger partial charge in [0, 0.05) is 35.8 Å². The van der Waals surface area contributed by atoms with Gasteiger partial charge in [0.25, 0.3) is 5.56 Å². The van der Waals surface area contributed by atoms with Crippen molar-refractivity contribution in [1.82, 2.24) is 9.13 Å². The maximum absolute atomic E-state index is 12.5. The molecule has 0 aliphatic rings. The first-order valence-corrected chi connectivity index (χ1v) is 9.00. The summed E-state index contributed by atoms with van der Waals surface area (Å²) in [5.74, 6) is -0.888. The van der Waals surface area contributed by atoms with Crippen LogP contribution < -0.4 is 5.56 Å². The van der Waals surface area contributed by atoms with Crippen LogP contribution in [0.3, 0.4) is 0 Å². The molecule has 6 heteroatoms. The minimum atomic E-state index is -0.625. The normalized spacial score (nSPS) is 10.6. The highest BCUT2D eigenvalue weighted by Gasteiger charge is 2.17. The lowest BCUT2D eigenvalue weighted by Gasteiger charge is -2.10. The SMILES string of the molecule is Cc1cc(C(=O)COC(=O)Cn2ccccc2=O)c(C)n1Cc1ccccc1. The van der Waals surface area contributed by atoms with Gasteiger partial charge in [0.1, 0.15) is 6.54 Å². The number of carbonyl (C=O) groups is 2. The largest absolute Gasteiger partial charge is 0.456 e. The number of carbonyl (C=O) groups excluding carboxylic acids is 2. The third-order valence-electron chi connectivity index (χ3n) is 4.62. The van der Waals surface area contributed by atoms with Crippen molar-refractivity contribution in [3.63, 3.8) is 0 Å². The van der Waals surface area contributed by atoms with E-state index >= 15 is 0 Å². The van der Waals surface area contributed by atoms with Crippen LogP contribution in [-0.4, -0.2) is 27.5 Å². The number of nitrogens with zero attached hydrogens (tertiary/aromatic N) is 2. The van der Waals surface area contributed by atoms with Gasteiger partial charge >= 0.3 is 5.97 Å². The van der Waals surface area contributed by atoms with Gasteiger partial charge in [-0.2, -0.15) is 0 Å². The molecule has 0 saturated heterocycles. The summed E-state index contributed by atoms with van der Waals surface area (Å²) in [4.78, 5) is 36.1. The van der Waals surface area contributed by atoms with E-state index in [1.165, 1.54) is 16.8 Å². The van der Waals surface area contributed by atoms with Gasteiger partial charge in [-0.05, 0) is 31.5 Å². The van der Waals surface area contributed by atoms with Gasteiger partial charge < -0.3 is 13.9 Å². The molecule has 2 aromatic heterocycles. The molecule has 0 fully saturated rings. The van der Waals surface area contributed by atoms with Crippen molar-refractivity contribution in [2.45, 2.75) is 26.9 Å². The van der Waals surface area contributed by atoms with Crippen LogP contribution in [0.25, 0.3) is 0 Å². The monoisotopic (exact) mass is 378 g/mol. The first-order chi connectivity index (χ1) is 13.5. The Morgan fingerprint density at radius 1 is 1.00 bits per heavy atom. The van der Waals surface area contributed by atoms with Crippen molar-refractivity contribution < 1.29 is 14.3 Å². The number of ketones is 1. The standard InChI is InChI=1S/C22H22N2O4/c1-16-12-19(17(2)24(16)13-18-8-4-3-5-9-18)20(25)15-28-22(27)14-23-11-7-6-10-21(23)26/h3-12H,13-15H2,1-2H3. The highest BCUT2D eigenvalue weighted by Crippen LogP contribution is 2.18. The fourth-order valence-electron chi connectivity index (χ4n) is 3.09. The lowest BCUT2D eigenvalue weighted by molar-refractivity contribution is -0.143. The summed E-state index contributed by atoms with van der Waals surface area (Å²) in [6, 6.07) is 16.4. The van der Waals surface area contributed by atoms with Crippen molar-refractivity contribution in [2.75, 3.05) is 6.61 Å². The zero-order valence-corrected chi connectivity index (χ0v) is 15.9. The number of hydrogen-bond donors (Lipinski definition) is 0. The molecular weight excluding hydrogens is 356 g/mol. The van der Waals surface area contributed by atoms with E-state index in [0.29, 0.717) is 12.1 Å². The van der Waals surface area contributed by atoms with Gasteiger partial charge in [0.15, 0.2) is 6.61 Å². The van der Waals surface area contributed by atoms with Crippen LogP contribution >= 0.6 is 0 Å². The minimum absolute atomic E-state index is 0.222. The molecule has 0 spiro atoms. The van der Waals surface area contributed by atoms with Crippen LogP contribution in [0.2, 0.25) is 0 Å². The van der Waals surface area contributed by atoms with Gasteiger partial charge in [-0.1, -0.05) is 36.4 Å². The third kappa shape index (κ3) is 4.46. The summed E-state index contributed by atoms with van der Waals surface area (Å²) in [6.45, 7) is 3.92. The summed E-state index contributed by atoms with van der Waals surface area (Å²) in [5, 5.41) is 0. The van der Waals surface area contributed by atoms with Crippen molar-refractivity contribution in [3.8, 4) is 0 Å². The van der Waals surface area contributed by atoms with Gasteiger partial charge in [-0.25, -0.2) is 0 Å². The molecule has 0 amide bonds. The molecule has 0 N–H and O–H groups in total. The van der Waals surface area contributed by atoms with Crippen LogP contribution in [0.1, 0.15) is 27.3 Å². The van der Waals surface area contributed by atoms with Crippen LogP contribution in [0.15, 0.2) is 65.6 Å². The fraction of sp³-hybridized carbons (Fsp3) is 0.227. The van der Waals surface area contributed by atoms with E-state index in [4.69, 9.17) is 4.74 Å². The maximum Gasteiger partial charge on any atom is 0.326 e. The molecule has 3 aromatic rings. The molecule has 0 aliphatic heterocycles. The number of hydrogen-bond acceptors (Lipinski definition) is 4. The van der Waals surface area contributed by atoms with Crippen LogP contribution in [-0.2, 0) is 22.6 Å². The second-order valence-electron chi connectivity index (χ2n) is 6.61. The molecule has 0 atom stereocenters. The van der Waals surface area contributed by atoms with E-state index in [2.05, 4.69) is 4.57 Å². The predicted molar refractivity (Wildman–Crippen MR) is 105 cm³/mol. The number of rotatable bonds is 7. The Labute approximate surface area is 163 Å². The van der Waals surface area contributed by atoms with E-state index in [-0.39, 0.29) is 24.5 Å². The average molecular weight is 378 g/mol. The molecule has 0 bridgehead atoms. The summed E-state index contributed by atoms with van der Waals surface area (Å²) in [5.41, 5.74) is 3.19. The second-order valence-corrected chi connectivity index (χ2v) is 6.61. The third-order valence-corrected chi connectivity index (χ3v) is 4.62. The Bertz CT molecular complexity index is 1050. The molecule has 0 radical (unpaired) electrons. The Balaban J connectivity index is 1.64. The van der Waals surface area contributed by atoms with E-state index in [1.54, 1.807) is 12.1 Å². The van der Waals surface area contributed by atoms with Gasteiger partial charge in [0.05, 0.1) is 0 Å². The molecule has 28 heavy (non-hydrogen) atoms. The van der Waals surface area contributed by atoms with E-state index < -0.39 is 5.97 Å². The van der Waals surface area contributed by atoms with Gasteiger partial charge in [-0.3, -0.25) is 14.4 Å². The van der Waals surface area contributed by atoms with E-state index in [1.807, 2.05) is 50.2 Å². The Kier molecular flexibility index (Phi) is 5.89. The number of pyridine rings is 1. The highest BCUT2D eigenvalue weighted by molar-refractivity contribution is 5.99. The molecule has 0 saturated carbocycles. The fourth-order valence-corrected chi connectivity index (χ4v) is 3.09. The Morgan fingerprint density at radius 2 is 1.71 bits per heavy atom. The Hall–Kier alpha value is -3.41.